The Kier molecular flexibility index (Phi) is 4.65. The molecule has 1 atom stereocenters. The van der Waals surface area contributed by atoms with E-state index in [1.807, 2.05) is 25.7 Å². The Hall–Kier alpha value is -1.85. The van der Waals surface area contributed by atoms with Gasteiger partial charge in [-0.3, -0.25) is 4.98 Å². The van der Waals surface area contributed by atoms with Crippen LogP contribution in [0.2, 0.25) is 0 Å². The summed E-state index contributed by atoms with van der Waals surface area (Å²) in [7, 11) is 0. The highest BCUT2D eigenvalue weighted by Crippen LogP contribution is 2.37. The van der Waals surface area contributed by atoms with Crippen molar-refractivity contribution in [3.05, 3.63) is 12.4 Å². The van der Waals surface area contributed by atoms with Crippen molar-refractivity contribution >= 4 is 11.8 Å². The number of carboxylic acid groups (broad SMARTS) is 1. The van der Waals surface area contributed by atoms with E-state index >= 15 is 0 Å². The Labute approximate surface area is 125 Å². The zero-order valence-corrected chi connectivity index (χ0v) is 12.9. The second kappa shape index (κ2) is 6.28. The largest absolute Gasteiger partial charge is 0.480 e. The third-order valence-corrected chi connectivity index (χ3v) is 3.85. The van der Waals surface area contributed by atoms with Crippen LogP contribution in [-0.2, 0) is 4.79 Å². The van der Waals surface area contributed by atoms with Crippen LogP contribution in [0, 0.1) is 5.41 Å². The molecule has 0 aliphatic carbocycles. The standard InChI is InChI=1S/C15H23N3O3/c1-4-8-21-12-10-16-9-11(17-12)18-7-5-6-15(2,3)13(18)14(19)20/h9-10,13H,4-8H2,1-3H3,(H,19,20). The molecule has 6 nitrogen and oxygen atoms in total. The summed E-state index contributed by atoms with van der Waals surface area (Å²) in [6.45, 7) is 7.24. The van der Waals surface area contributed by atoms with Gasteiger partial charge in [-0.25, -0.2) is 4.79 Å². The summed E-state index contributed by atoms with van der Waals surface area (Å²) in [5.74, 6) is 0.201. The minimum absolute atomic E-state index is 0.300. The fourth-order valence-electron chi connectivity index (χ4n) is 2.86. The van der Waals surface area contributed by atoms with Crippen LogP contribution >= 0.6 is 0 Å². The van der Waals surface area contributed by atoms with E-state index in [2.05, 4.69) is 9.97 Å². The van der Waals surface area contributed by atoms with Crippen molar-refractivity contribution in [3.8, 4) is 5.88 Å². The first-order chi connectivity index (χ1) is 9.95. The average Bonchev–Trinajstić information content (AvgIpc) is 2.43. The van der Waals surface area contributed by atoms with Gasteiger partial charge in [-0.15, -0.1) is 0 Å². The molecule has 1 aromatic rings. The van der Waals surface area contributed by atoms with Crippen LogP contribution in [0.4, 0.5) is 5.82 Å². The molecule has 1 N–H and O–H groups in total. The van der Waals surface area contributed by atoms with Crippen molar-refractivity contribution in [3.63, 3.8) is 0 Å². The molecule has 1 fully saturated rings. The van der Waals surface area contributed by atoms with Gasteiger partial charge >= 0.3 is 5.97 Å². The predicted molar refractivity (Wildman–Crippen MR) is 79.6 cm³/mol. The first-order valence-corrected chi connectivity index (χ1v) is 7.40. The number of aromatic nitrogens is 2. The van der Waals surface area contributed by atoms with Gasteiger partial charge in [0.25, 0.3) is 0 Å². The van der Waals surface area contributed by atoms with Crippen LogP contribution < -0.4 is 9.64 Å². The summed E-state index contributed by atoms with van der Waals surface area (Å²) in [4.78, 5) is 22.1. The van der Waals surface area contributed by atoms with Crippen LogP contribution in [-0.4, -0.2) is 40.2 Å². The molecule has 1 aliphatic rings. The highest BCUT2D eigenvalue weighted by atomic mass is 16.5. The summed E-state index contributed by atoms with van der Waals surface area (Å²) >= 11 is 0. The first kappa shape index (κ1) is 15.5. The molecule has 0 radical (unpaired) electrons. The third kappa shape index (κ3) is 3.43. The van der Waals surface area contributed by atoms with E-state index in [1.54, 1.807) is 12.4 Å². The maximum absolute atomic E-state index is 11.7. The van der Waals surface area contributed by atoms with Crippen LogP contribution in [0.5, 0.6) is 5.88 Å². The van der Waals surface area contributed by atoms with Crippen LogP contribution in [0.3, 0.4) is 0 Å². The number of nitrogens with zero attached hydrogens (tertiary/aromatic N) is 3. The summed E-state index contributed by atoms with van der Waals surface area (Å²) in [6.07, 6.45) is 5.89. The second-order valence-corrected chi connectivity index (χ2v) is 6.09. The van der Waals surface area contributed by atoms with Gasteiger partial charge in [0.15, 0.2) is 5.82 Å². The minimum Gasteiger partial charge on any atom is -0.480 e. The monoisotopic (exact) mass is 293 g/mol. The maximum atomic E-state index is 11.7. The first-order valence-electron chi connectivity index (χ1n) is 7.40. The van der Waals surface area contributed by atoms with Crippen molar-refractivity contribution in [2.75, 3.05) is 18.1 Å². The summed E-state index contributed by atoms with van der Waals surface area (Å²) in [6, 6.07) is -0.595. The minimum atomic E-state index is -0.818. The Morgan fingerprint density at radius 2 is 2.29 bits per heavy atom. The number of anilines is 1. The van der Waals surface area contributed by atoms with Gasteiger partial charge < -0.3 is 14.7 Å². The van der Waals surface area contributed by atoms with E-state index in [9.17, 15) is 9.90 Å². The lowest BCUT2D eigenvalue weighted by Crippen LogP contribution is -2.54. The molecule has 1 aromatic heterocycles. The van der Waals surface area contributed by atoms with E-state index in [0.29, 0.717) is 24.8 Å². The third-order valence-electron chi connectivity index (χ3n) is 3.85. The molecule has 1 saturated heterocycles. The Morgan fingerprint density at radius 1 is 1.52 bits per heavy atom. The summed E-state index contributed by atoms with van der Waals surface area (Å²) < 4.78 is 5.49. The second-order valence-electron chi connectivity index (χ2n) is 6.09. The van der Waals surface area contributed by atoms with Crippen molar-refractivity contribution < 1.29 is 14.6 Å². The molecular formula is C15H23N3O3. The van der Waals surface area contributed by atoms with Gasteiger partial charge in [0.2, 0.25) is 5.88 Å². The van der Waals surface area contributed by atoms with Gasteiger partial charge in [0.1, 0.15) is 6.04 Å². The number of ether oxygens (including phenoxy) is 1. The predicted octanol–water partition coefficient (Wildman–Crippen LogP) is 2.34. The van der Waals surface area contributed by atoms with E-state index in [-0.39, 0.29) is 5.41 Å². The molecule has 116 valence electrons. The van der Waals surface area contributed by atoms with E-state index in [4.69, 9.17) is 4.74 Å². The van der Waals surface area contributed by atoms with Crippen molar-refractivity contribution in [1.29, 1.82) is 0 Å². The molecule has 0 amide bonds. The zero-order chi connectivity index (χ0) is 15.5. The molecule has 0 bridgehead atoms. The summed E-state index contributed by atoms with van der Waals surface area (Å²) in [5, 5.41) is 9.60. The molecule has 2 heterocycles. The Morgan fingerprint density at radius 3 is 2.95 bits per heavy atom. The SMILES string of the molecule is CCCOc1cncc(N2CCCC(C)(C)C2C(=O)O)n1. The number of hydrogen-bond acceptors (Lipinski definition) is 5. The van der Waals surface area contributed by atoms with Gasteiger partial charge in [0.05, 0.1) is 19.0 Å². The lowest BCUT2D eigenvalue weighted by atomic mass is 9.76. The van der Waals surface area contributed by atoms with Crippen molar-refractivity contribution in [2.45, 2.75) is 46.1 Å². The maximum Gasteiger partial charge on any atom is 0.326 e. The number of aliphatic carboxylic acids is 1. The van der Waals surface area contributed by atoms with Gasteiger partial charge in [0, 0.05) is 6.54 Å². The number of carboxylic acids is 1. The molecule has 0 saturated carbocycles. The van der Waals surface area contributed by atoms with E-state index < -0.39 is 12.0 Å². The Bertz CT molecular complexity index is 505. The highest BCUT2D eigenvalue weighted by molar-refractivity contribution is 5.79. The van der Waals surface area contributed by atoms with E-state index in [0.717, 1.165) is 19.3 Å². The average molecular weight is 293 g/mol. The summed E-state index contributed by atoms with van der Waals surface area (Å²) in [5.41, 5.74) is -0.300. The van der Waals surface area contributed by atoms with Gasteiger partial charge in [-0.05, 0) is 24.7 Å². The van der Waals surface area contributed by atoms with E-state index in [1.165, 1.54) is 0 Å². The molecule has 0 spiro atoms. The topological polar surface area (TPSA) is 75.5 Å². The van der Waals surface area contributed by atoms with Crippen molar-refractivity contribution in [2.24, 2.45) is 5.41 Å². The lowest BCUT2D eigenvalue weighted by molar-refractivity contribution is -0.142. The fourth-order valence-corrected chi connectivity index (χ4v) is 2.86. The number of rotatable bonds is 5. The van der Waals surface area contributed by atoms with Crippen molar-refractivity contribution in [1.82, 2.24) is 9.97 Å². The molecule has 1 aliphatic heterocycles. The molecule has 1 unspecified atom stereocenters. The van der Waals surface area contributed by atoms with Gasteiger partial charge in [-0.2, -0.15) is 4.98 Å². The molecule has 21 heavy (non-hydrogen) atoms. The molecular weight excluding hydrogens is 270 g/mol. The lowest BCUT2D eigenvalue weighted by Gasteiger charge is -2.44. The van der Waals surface area contributed by atoms with Crippen LogP contribution in [0.1, 0.15) is 40.0 Å². The smallest absolute Gasteiger partial charge is 0.326 e. The zero-order valence-electron chi connectivity index (χ0n) is 12.9. The quantitative estimate of drug-likeness (QED) is 0.898. The molecule has 2 rings (SSSR count). The number of piperidine rings is 1. The highest BCUT2D eigenvalue weighted by Gasteiger charge is 2.43. The number of hydrogen-bond donors (Lipinski definition) is 1. The normalized spacial score (nSPS) is 21.1. The van der Waals surface area contributed by atoms with Gasteiger partial charge in [-0.1, -0.05) is 20.8 Å². The van der Waals surface area contributed by atoms with Crippen LogP contribution in [0.25, 0.3) is 0 Å². The molecule has 6 heteroatoms. The Balaban J connectivity index is 2.28. The van der Waals surface area contributed by atoms with Crippen LogP contribution in [0.15, 0.2) is 12.4 Å². The fraction of sp³-hybridized carbons (Fsp3) is 0.667. The number of carbonyl (C=O) groups is 1. The molecule has 0 aromatic carbocycles.